The molecule has 1 saturated carbocycles. The van der Waals surface area contributed by atoms with E-state index in [1.165, 1.54) is 12.1 Å². The summed E-state index contributed by atoms with van der Waals surface area (Å²) in [6.07, 6.45) is 3.86. The summed E-state index contributed by atoms with van der Waals surface area (Å²) in [5.41, 5.74) is -0.135. The SMILES string of the molecule is O=C(O)c1c(F)cccc1NC(=O)c1cccn1C1CC1. The Morgan fingerprint density at radius 1 is 1.24 bits per heavy atom. The topological polar surface area (TPSA) is 71.3 Å². The molecule has 0 spiro atoms. The van der Waals surface area contributed by atoms with Gasteiger partial charge in [-0.3, -0.25) is 4.79 Å². The molecule has 21 heavy (non-hydrogen) atoms. The molecule has 2 N–H and O–H groups in total. The maximum atomic E-state index is 13.6. The number of amides is 1. The number of carbonyl (C=O) groups is 2. The van der Waals surface area contributed by atoms with Gasteiger partial charge in [0.25, 0.3) is 5.91 Å². The Morgan fingerprint density at radius 2 is 2.00 bits per heavy atom. The summed E-state index contributed by atoms with van der Waals surface area (Å²) in [5, 5.41) is 11.5. The number of aromatic carboxylic acids is 1. The van der Waals surface area contributed by atoms with Crippen molar-refractivity contribution in [2.45, 2.75) is 18.9 Å². The Balaban J connectivity index is 1.90. The molecule has 1 aromatic heterocycles. The summed E-state index contributed by atoms with van der Waals surface area (Å²) in [6.45, 7) is 0. The lowest BCUT2D eigenvalue weighted by molar-refractivity contribution is 0.0693. The maximum absolute atomic E-state index is 13.6. The van der Waals surface area contributed by atoms with Crippen LogP contribution in [0.5, 0.6) is 0 Å². The zero-order valence-electron chi connectivity index (χ0n) is 11.0. The van der Waals surface area contributed by atoms with E-state index in [1.807, 2.05) is 10.8 Å². The first kappa shape index (κ1) is 13.4. The molecule has 1 aliphatic rings. The van der Waals surface area contributed by atoms with Crippen molar-refractivity contribution in [3.63, 3.8) is 0 Å². The van der Waals surface area contributed by atoms with E-state index in [0.717, 1.165) is 18.9 Å². The van der Waals surface area contributed by atoms with Crippen LogP contribution < -0.4 is 5.32 Å². The molecule has 1 aromatic carbocycles. The molecule has 0 bridgehead atoms. The molecular formula is C15H13FN2O3. The lowest BCUT2D eigenvalue weighted by atomic mass is 10.1. The summed E-state index contributed by atoms with van der Waals surface area (Å²) in [7, 11) is 0. The average Bonchev–Trinajstić information content (AvgIpc) is 3.15. The zero-order valence-corrected chi connectivity index (χ0v) is 11.0. The summed E-state index contributed by atoms with van der Waals surface area (Å²) in [6, 6.07) is 7.52. The Bertz CT molecular complexity index is 719. The zero-order chi connectivity index (χ0) is 15.0. The van der Waals surface area contributed by atoms with Gasteiger partial charge in [-0.05, 0) is 37.1 Å². The van der Waals surface area contributed by atoms with Crippen LogP contribution in [-0.4, -0.2) is 21.6 Å². The second kappa shape index (κ2) is 5.05. The Labute approximate surface area is 120 Å². The Hall–Kier alpha value is -2.63. The predicted molar refractivity (Wildman–Crippen MR) is 74.0 cm³/mol. The highest BCUT2D eigenvalue weighted by Gasteiger charge is 2.27. The molecule has 1 aliphatic carbocycles. The highest BCUT2D eigenvalue weighted by molar-refractivity contribution is 6.07. The van der Waals surface area contributed by atoms with Crippen LogP contribution >= 0.6 is 0 Å². The van der Waals surface area contributed by atoms with Crippen molar-refractivity contribution in [2.75, 3.05) is 5.32 Å². The Morgan fingerprint density at radius 3 is 2.67 bits per heavy atom. The van der Waals surface area contributed by atoms with Crippen molar-refractivity contribution in [3.8, 4) is 0 Å². The molecular weight excluding hydrogens is 275 g/mol. The number of hydrogen-bond donors (Lipinski definition) is 2. The van der Waals surface area contributed by atoms with Gasteiger partial charge in [0, 0.05) is 12.2 Å². The van der Waals surface area contributed by atoms with Gasteiger partial charge >= 0.3 is 5.97 Å². The van der Waals surface area contributed by atoms with Gasteiger partial charge < -0.3 is 15.0 Å². The molecule has 0 radical (unpaired) electrons. The number of nitrogens with one attached hydrogen (secondary N) is 1. The van der Waals surface area contributed by atoms with E-state index in [0.29, 0.717) is 11.7 Å². The van der Waals surface area contributed by atoms with Crippen LogP contribution in [0.1, 0.15) is 39.7 Å². The van der Waals surface area contributed by atoms with Gasteiger partial charge in [0.1, 0.15) is 17.1 Å². The monoisotopic (exact) mass is 288 g/mol. The number of nitrogens with zero attached hydrogens (tertiary/aromatic N) is 1. The van der Waals surface area contributed by atoms with E-state index in [-0.39, 0.29) is 5.69 Å². The normalized spacial score (nSPS) is 14.0. The molecule has 0 unspecified atom stereocenters. The Kier molecular flexibility index (Phi) is 3.21. The standard InChI is InChI=1S/C15H13FN2O3/c16-10-3-1-4-11(13(10)15(20)21)17-14(19)12-5-2-8-18(12)9-6-7-9/h1-5,8-9H,6-7H2,(H,17,19)(H,20,21). The molecule has 1 amide bonds. The van der Waals surface area contributed by atoms with Crippen molar-refractivity contribution in [1.29, 1.82) is 0 Å². The van der Waals surface area contributed by atoms with E-state index in [9.17, 15) is 14.0 Å². The summed E-state index contributed by atoms with van der Waals surface area (Å²) < 4.78 is 15.4. The average molecular weight is 288 g/mol. The molecule has 0 aliphatic heterocycles. The molecule has 108 valence electrons. The highest BCUT2D eigenvalue weighted by atomic mass is 19.1. The third kappa shape index (κ3) is 2.52. The fourth-order valence-electron chi connectivity index (χ4n) is 2.29. The summed E-state index contributed by atoms with van der Waals surface area (Å²) >= 11 is 0. The van der Waals surface area contributed by atoms with Gasteiger partial charge in [-0.25, -0.2) is 9.18 Å². The van der Waals surface area contributed by atoms with Crippen molar-refractivity contribution >= 4 is 17.6 Å². The number of carbonyl (C=O) groups excluding carboxylic acids is 1. The molecule has 0 saturated heterocycles. The molecule has 0 atom stereocenters. The first-order valence-corrected chi connectivity index (χ1v) is 6.58. The van der Waals surface area contributed by atoms with Crippen LogP contribution in [0.3, 0.4) is 0 Å². The van der Waals surface area contributed by atoms with E-state index in [2.05, 4.69) is 5.32 Å². The summed E-state index contributed by atoms with van der Waals surface area (Å²) in [4.78, 5) is 23.4. The minimum absolute atomic E-state index is 0.0453. The van der Waals surface area contributed by atoms with Gasteiger partial charge in [-0.1, -0.05) is 6.07 Å². The number of rotatable bonds is 4. The smallest absolute Gasteiger partial charge is 0.340 e. The summed E-state index contributed by atoms with van der Waals surface area (Å²) in [5.74, 6) is -2.74. The van der Waals surface area contributed by atoms with Gasteiger partial charge in [-0.15, -0.1) is 0 Å². The van der Waals surface area contributed by atoms with E-state index < -0.39 is 23.3 Å². The van der Waals surface area contributed by atoms with E-state index in [4.69, 9.17) is 5.11 Å². The molecule has 5 nitrogen and oxygen atoms in total. The van der Waals surface area contributed by atoms with Crippen LogP contribution in [0.15, 0.2) is 36.5 Å². The predicted octanol–water partition coefficient (Wildman–Crippen LogP) is 2.91. The second-order valence-corrected chi connectivity index (χ2v) is 4.95. The minimum Gasteiger partial charge on any atom is -0.478 e. The van der Waals surface area contributed by atoms with Gasteiger partial charge in [0.05, 0.1) is 5.69 Å². The molecule has 1 heterocycles. The van der Waals surface area contributed by atoms with Gasteiger partial charge in [0.15, 0.2) is 0 Å². The molecule has 3 rings (SSSR count). The highest BCUT2D eigenvalue weighted by Crippen LogP contribution is 2.36. The quantitative estimate of drug-likeness (QED) is 0.908. The van der Waals surface area contributed by atoms with Crippen LogP contribution in [-0.2, 0) is 0 Å². The van der Waals surface area contributed by atoms with Gasteiger partial charge in [-0.2, -0.15) is 0 Å². The van der Waals surface area contributed by atoms with Crippen molar-refractivity contribution < 1.29 is 19.1 Å². The fourth-order valence-corrected chi connectivity index (χ4v) is 2.29. The van der Waals surface area contributed by atoms with Crippen LogP contribution in [0.2, 0.25) is 0 Å². The lowest BCUT2D eigenvalue weighted by Crippen LogP contribution is -2.18. The number of benzene rings is 1. The second-order valence-electron chi connectivity index (χ2n) is 4.95. The number of anilines is 1. The van der Waals surface area contributed by atoms with Crippen molar-refractivity contribution in [1.82, 2.24) is 4.57 Å². The molecule has 6 heteroatoms. The third-order valence-electron chi connectivity index (χ3n) is 3.43. The largest absolute Gasteiger partial charge is 0.478 e. The molecule has 2 aromatic rings. The first-order valence-electron chi connectivity index (χ1n) is 6.58. The van der Waals surface area contributed by atoms with E-state index >= 15 is 0 Å². The van der Waals surface area contributed by atoms with Crippen LogP contribution in [0.25, 0.3) is 0 Å². The third-order valence-corrected chi connectivity index (χ3v) is 3.43. The minimum atomic E-state index is -1.42. The number of hydrogen-bond acceptors (Lipinski definition) is 2. The fraction of sp³-hybridized carbons (Fsp3) is 0.200. The number of halogens is 1. The van der Waals surface area contributed by atoms with Crippen LogP contribution in [0, 0.1) is 5.82 Å². The molecule has 1 fully saturated rings. The van der Waals surface area contributed by atoms with Crippen LogP contribution in [0.4, 0.5) is 10.1 Å². The number of aromatic nitrogens is 1. The van der Waals surface area contributed by atoms with Crippen molar-refractivity contribution in [3.05, 3.63) is 53.6 Å². The van der Waals surface area contributed by atoms with Gasteiger partial charge in [0.2, 0.25) is 0 Å². The van der Waals surface area contributed by atoms with E-state index in [1.54, 1.807) is 12.1 Å². The number of carboxylic acid groups (broad SMARTS) is 1. The lowest BCUT2D eigenvalue weighted by Gasteiger charge is -2.11. The van der Waals surface area contributed by atoms with Crippen molar-refractivity contribution in [2.24, 2.45) is 0 Å². The number of carboxylic acids is 1. The maximum Gasteiger partial charge on any atom is 0.340 e. The first-order chi connectivity index (χ1) is 10.1.